The third kappa shape index (κ3) is 2.80. The minimum Gasteiger partial charge on any atom is -0.480 e. The van der Waals surface area contributed by atoms with Crippen molar-refractivity contribution in [2.75, 3.05) is 6.54 Å². The summed E-state index contributed by atoms with van der Waals surface area (Å²) in [6.07, 6.45) is 3.25. The molecule has 2 rings (SSSR count). The SMILES string of the molecule is CCN(Cc1ccoc1)C(C(=O)O)c1ccsc1. The second kappa shape index (κ2) is 5.84. The van der Waals surface area contributed by atoms with Gasteiger partial charge in [0.25, 0.3) is 0 Å². The van der Waals surface area contributed by atoms with Gasteiger partial charge in [0.05, 0.1) is 12.5 Å². The largest absolute Gasteiger partial charge is 0.480 e. The normalized spacial score (nSPS) is 12.8. The van der Waals surface area contributed by atoms with Crippen LogP contribution in [0.2, 0.25) is 0 Å². The Bertz CT molecular complexity index is 478. The fourth-order valence-corrected chi connectivity index (χ4v) is 2.62. The first kappa shape index (κ1) is 12.9. The van der Waals surface area contributed by atoms with E-state index in [0.29, 0.717) is 13.1 Å². The molecule has 2 aromatic heterocycles. The summed E-state index contributed by atoms with van der Waals surface area (Å²) in [5.74, 6) is -0.821. The van der Waals surface area contributed by atoms with E-state index >= 15 is 0 Å². The fourth-order valence-electron chi connectivity index (χ4n) is 1.94. The van der Waals surface area contributed by atoms with Crippen molar-refractivity contribution in [1.29, 1.82) is 0 Å². The smallest absolute Gasteiger partial charge is 0.325 e. The summed E-state index contributed by atoms with van der Waals surface area (Å²) in [4.78, 5) is 13.4. The van der Waals surface area contributed by atoms with Gasteiger partial charge in [-0.2, -0.15) is 11.3 Å². The maximum absolute atomic E-state index is 11.5. The van der Waals surface area contributed by atoms with Crippen LogP contribution in [0.1, 0.15) is 24.1 Å². The van der Waals surface area contributed by atoms with Gasteiger partial charge in [0.1, 0.15) is 6.04 Å². The number of furan rings is 1. The van der Waals surface area contributed by atoms with Crippen molar-refractivity contribution in [3.8, 4) is 0 Å². The summed E-state index contributed by atoms with van der Waals surface area (Å²) < 4.78 is 5.02. The first-order chi connectivity index (χ1) is 8.72. The Morgan fingerprint density at radius 3 is 2.89 bits per heavy atom. The number of hydrogen-bond acceptors (Lipinski definition) is 4. The van der Waals surface area contributed by atoms with E-state index < -0.39 is 12.0 Å². The molecule has 0 saturated heterocycles. The molecule has 0 fully saturated rings. The topological polar surface area (TPSA) is 53.7 Å². The second-order valence-electron chi connectivity index (χ2n) is 3.99. The summed E-state index contributed by atoms with van der Waals surface area (Å²) in [7, 11) is 0. The molecule has 1 N–H and O–H groups in total. The molecule has 0 radical (unpaired) electrons. The highest BCUT2D eigenvalue weighted by atomic mass is 32.1. The number of aliphatic carboxylic acids is 1. The third-order valence-corrected chi connectivity index (χ3v) is 3.53. The number of carboxylic acids is 1. The second-order valence-corrected chi connectivity index (χ2v) is 4.77. The zero-order chi connectivity index (χ0) is 13.0. The van der Waals surface area contributed by atoms with Crippen LogP contribution in [-0.4, -0.2) is 22.5 Å². The van der Waals surface area contributed by atoms with Crippen LogP contribution >= 0.6 is 11.3 Å². The first-order valence-electron chi connectivity index (χ1n) is 5.72. The molecule has 0 amide bonds. The molecule has 1 unspecified atom stereocenters. The van der Waals surface area contributed by atoms with Gasteiger partial charge in [-0.15, -0.1) is 0 Å². The predicted molar refractivity (Wildman–Crippen MR) is 69.5 cm³/mol. The van der Waals surface area contributed by atoms with E-state index in [1.807, 2.05) is 34.7 Å². The lowest BCUT2D eigenvalue weighted by molar-refractivity contribution is -0.143. The van der Waals surface area contributed by atoms with Gasteiger partial charge in [0.15, 0.2) is 0 Å². The molecular weight excluding hydrogens is 250 g/mol. The number of likely N-dealkylation sites (N-methyl/N-ethyl adjacent to an activating group) is 1. The zero-order valence-corrected chi connectivity index (χ0v) is 10.9. The van der Waals surface area contributed by atoms with E-state index in [1.54, 1.807) is 12.5 Å². The predicted octanol–water partition coefficient (Wildman–Crippen LogP) is 2.99. The molecule has 0 aliphatic rings. The van der Waals surface area contributed by atoms with Crippen molar-refractivity contribution in [3.63, 3.8) is 0 Å². The van der Waals surface area contributed by atoms with Crippen molar-refractivity contribution < 1.29 is 14.3 Å². The molecule has 4 nitrogen and oxygen atoms in total. The van der Waals surface area contributed by atoms with E-state index in [2.05, 4.69) is 0 Å². The molecule has 0 saturated carbocycles. The van der Waals surface area contributed by atoms with Gasteiger partial charge in [-0.05, 0) is 35.0 Å². The van der Waals surface area contributed by atoms with Gasteiger partial charge in [0.2, 0.25) is 0 Å². The molecule has 1 atom stereocenters. The summed E-state index contributed by atoms with van der Waals surface area (Å²) >= 11 is 1.51. The van der Waals surface area contributed by atoms with Crippen LogP contribution < -0.4 is 0 Å². The van der Waals surface area contributed by atoms with Crippen LogP contribution in [0.4, 0.5) is 0 Å². The van der Waals surface area contributed by atoms with Crippen molar-refractivity contribution in [2.45, 2.75) is 19.5 Å². The Hall–Kier alpha value is -1.59. The highest BCUT2D eigenvalue weighted by Crippen LogP contribution is 2.25. The van der Waals surface area contributed by atoms with Gasteiger partial charge in [0, 0.05) is 12.1 Å². The van der Waals surface area contributed by atoms with Crippen LogP contribution in [0.25, 0.3) is 0 Å². The number of carboxylic acid groups (broad SMARTS) is 1. The summed E-state index contributed by atoms with van der Waals surface area (Å²) in [6.45, 7) is 3.19. The van der Waals surface area contributed by atoms with Crippen molar-refractivity contribution >= 4 is 17.3 Å². The summed E-state index contributed by atoms with van der Waals surface area (Å²) in [5, 5.41) is 13.2. The Labute approximate surface area is 109 Å². The summed E-state index contributed by atoms with van der Waals surface area (Å²) in [5.41, 5.74) is 1.82. The molecular formula is C13H15NO3S. The lowest BCUT2D eigenvalue weighted by Gasteiger charge is -2.26. The van der Waals surface area contributed by atoms with Crippen LogP contribution in [0, 0.1) is 0 Å². The molecule has 5 heteroatoms. The first-order valence-corrected chi connectivity index (χ1v) is 6.66. The number of carbonyl (C=O) groups is 1. The maximum Gasteiger partial charge on any atom is 0.325 e. The standard InChI is InChI=1S/C13H15NO3S/c1-2-14(7-10-3-5-17-8-10)12(13(15)16)11-4-6-18-9-11/h3-6,8-9,12H,2,7H2,1H3,(H,15,16). The fraction of sp³-hybridized carbons (Fsp3) is 0.308. The quantitative estimate of drug-likeness (QED) is 0.872. The number of nitrogens with zero attached hydrogens (tertiary/aromatic N) is 1. The maximum atomic E-state index is 11.5. The monoisotopic (exact) mass is 265 g/mol. The van der Waals surface area contributed by atoms with Crippen molar-refractivity contribution in [2.24, 2.45) is 0 Å². The average molecular weight is 265 g/mol. The molecule has 18 heavy (non-hydrogen) atoms. The van der Waals surface area contributed by atoms with E-state index in [-0.39, 0.29) is 0 Å². The van der Waals surface area contributed by atoms with E-state index in [4.69, 9.17) is 4.42 Å². The van der Waals surface area contributed by atoms with Crippen LogP contribution in [0.15, 0.2) is 39.8 Å². The van der Waals surface area contributed by atoms with Gasteiger partial charge in [-0.3, -0.25) is 9.69 Å². The minimum atomic E-state index is -0.821. The highest BCUT2D eigenvalue weighted by molar-refractivity contribution is 7.08. The molecule has 0 aliphatic heterocycles. The Kier molecular flexibility index (Phi) is 4.17. The lowest BCUT2D eigenvalue weighted by Crippen LogP contribution is -2.33. The number of thiophene rings is 1. The molecule has 0 spiro atoms. The van der Waals surface area contributed by atoms with E-state index in [9.17, 15) is 9.90 Å². The summed E-state index contributed by atoms with van der Waals surface area (Å²) in [6, 6.07) is 3.12. The van der Waals surface area contributed by atoms with Crippen LogP contribution in [-0.2, 0) is 11.3 Å². The van der Waals surface area contributed by atoms with Gasteiger partial charge in [-0.25, -0.2) is 0 Å². The number of hydrogen-bond donors (Lipinski definition) is 1. The van der Waals surface area contributed by atoms with Crippen molar-refractivity contribution in [1.82, 2.24) is 4.90 Å². The van der Waals surface area contributed by atoms with Gasteiger partial charge < -0.3 is 9.52 Å². The van der Waals surface area contributed by atoms with Crippen LogP contribution in [0.5, 0.6) is 0 Å². The molecule has 2 aromatic rings. The molecule has 2 heterocycles. The van der Waals surface area contributed by atoms with Crippen LogP contribution in [0.3, 0.4) is 0 Å². The minimum absolute atomic E-state index is 0.569. The van der Waals surface area contributed by atoms with E-state index in [0.717, 1.165) is 11.1 Å². The highest BCUT2D eigenvalue weighted by Gasteiger charge is 2.26. The number of rotatable bonds is 6. The lowest BCUT2D eigenvalue weighted by atomic mass is 10.1. The van der Waals surface area contributed by atoms with Gasteiger partial charge >= 0.3 is 5.97 Å². The molecule has 0 bridgehead atoms. The van der Waals surface area contributed by atoms with Crippen molar-refractivity contribution in [3.05, 3.63) is 46.5 Å². The Balaban J connectivity index is 2.20. The zero-order valence-electron chi connectivity index (χ0n) is 10.1. The Morgan fingerprint density at radius 1 is 1.56 bits per heavy atom. The Morgan fingerprint density at radius 2 is 2.39 bits per heavy atom. The third-order valence-electron chi connectivity index (χ3n) is 2.83. The van der Waals surface area contributed by atoms with Gasteiger partial charge in [-0.1, -0.05) is 6.92 Å². The molecule has 0 aliphatic carbocycles. The average Bonchev–Trinajstić information content (AvgIpc) is 3.00. The molecule has 0 aromatic carbocycles. The van der Waals surface area contributed by atoms with E-state index in [1.165, 1.54) is 11.3 Å². The molecule has 96 valence electrons.